The number of nitrogens with one attached hydrogen (secondary N) is 1. The molecule has 106 valence electrons. The molecule has 2 nitrogen and oxygen atoms in total. The maximum absolute atomic E-state index is 6.27. The number of thiophene rings is 1. The van der Waals surface area contributed by atoms with Gasteiger partial charge in [0.25, 0.3) is 0 Å². The SMILES string of the molecule is CNC(c1cc(C)c(C)s1)c1cc(Cl)cc2c1OCC2. The van der Waals surface area contributed by atoms with Crippen LogP contribution in [0.25, 0.3) is 0 Å². The van der Waals surface area contributed by atoms with Crippen molar-refractivity contribution in [2.45, 2.75) is 26.3 Å². The molecule has 4 heteroatoms. The first-order valence-corrected chi connectivity index (χ1v) is 7.99. The first-order valence-electron chi connectivity index (χ1n) is 6.79. The van der Waals surface area contributed by atoms with Crippen molar-refractivity contribution in [2.24, 2.45) is 0 Å². The van der Waals surface area contributed by atoms with Crippen LogP contribution in [0.5, 0.6) is 5.75 Å². The lowest BCUT2D eigenvalue weighted by atomic mass is 10.0. The van der Waals surface area contributed by atoms with Gasteiger partial charge in [-0.05, 0) is 50.2 Å². The zero-order valence-corrected chi connectivity index (χ0v) is 13.5. The highest BCUT2D eigenvalue weighted by molar-refractivity contribution is 7.12. The number of ether oxygens (including phenoxy) is 1. The Labute approximate surface area is 128 Å². The molecule has 0 amide bonds. The van der Waals surface area contributed by atoms with Gasteiger partial charge in [-0.3, -0.25) is 0 Å². The first kappa shape index (κ1) is 13.9. The highest BCUT2D eigenvalue weighted by atomic mass is 35.5. The van der Waals surface area contributed by atoms with Crippen molar-refractivity contribution in [2.75, 3.05) is 13.7 Å². The van der Waals surface area contributed by atoms with Crippen LogP contribution in [0.3, 0.4) is 0 Å². The normalized spacial score (nSPS) is 15.0. The van der Waals surface area contributed by atoms with Crippen molar-refractivity contribution in [3.05, 3.63) is 49.7 Å². The van der Waals surface area contributed by atoms with Gasteiger partial charge in [0.15, 0.2) is 0 Å². The third-order valence-corrected chi connectivity index (χ3v) is 5.28. The molecule has 0 radical (unpaired) electrons. The summed E-state index contributed by atoms with van der Waals surface area (Å²) in [6.45, 7) is 5.07. The van der Waals surface area contributed by atoms with Crippen LogP contribution >= 0.6 is 22.9 Å². The second-order valence-corrected chi connectivity index (χ2v) is 6.92. The molecular weight excluding hydrogens is 290 g/mol. The van der Waals surface area contributed by atoms with Crippen LogP contribution in [0, 0.1) is 13.8 Å². The second kappa shape index (κ2) is 5.40. The van der Waals surface area contributed by atoms with Crippen molar-refractivity contribution in [3.63, 3.8) is 0 Å². The molecule has 1 aromatic carbocycles. The van der Waals surface area contributed by atoms with Crippen molar-refractivity contribution in [3.8, 4) is 5.75 Å². The van der Waals surface area contributed by atoms with E-state index in [-0.39, 0.29) is 6.04 Å². The summed E-state index contributed by atoms with van der Waals surface area (Å²) in [6, 6.07) is 6.43. The lowest BCUT2D eigenvalue weighted by molar-refractivity contribution is 0.351. The van der Waals surface area contributed by atoms with E-state index < -0.39 is 0 Å². The highest BCUT2D eigenvalue weighted by Crippen LogP contribution is 2.40. The molecule has 0 bridgehead atoms. The van der Waals surface area contributed by atoms with Gasteiger partial charge in [-0.2, -0.15) is 0 Å². The molecule has 0 saturated carbocycles. The minimum Gasteiger partial charge on any atom is -0.493 e. The average molecular weight is 308 g/mol. The lowest BCUT2D eigenvalue weighted by Gasteiger charge is -2.18. The first-order chi connectivity index (χ1) is 9.60. The zero-order valence-electron chi connectivity index (χ0n) is 11.9. The van der Waals surface area contributed by atoms with Crippen LogP contribution in [0.1, 0.15) is 32.5 Å². The Balaban J connectivity index is 2.10. The van der Waals surface area contributed by atoms with Crippen LogP contribution in [0.15, 0.2) is 18.2 Å². The Hall–Kier alpha value is -1.03. The van der Waals surface area contributed by atoms with Gasteiger partial charge < -0.3 is 10.1 Å². The molecule has 0 fully saturated rings. The molecule has 1 aliphatic rings. The van der Waals surface area contributed by atoms with Crippen LogP contribution in [0.4, 0.5) is 0 Å². The van der Waals surface area contributed by atoms with Crippen molar-refractivity contribution < 1.29 is 4.74 Å². The fraction of sp³-hybridized carbons (Fsp3) is 0.375. The predicted molar refractivity (Wildman–Crippen MR) is 85.3 cm³/mol. The number of aryl methyl sites for hydroxylation is 2. The van der Waals surface area contributed by atoms with Crippen molar-refractivity contribution >= 4 is 22.9 Å². The Morgan fingerprint density at radius 2 is 2.10 bits per heavy atom. The monoisotopic (exact) mass is 307 g/mol. The summed E-state index contributed by atoms with van der Waals surface area (Å²) in [4.78, 5) is 2.67. The summed E-state index contributed by atoms with van der Waals surface area (Å²) < 4.78 is 5.83. The minimum absolute atomic E-state index is 0.137. The number of hydrogen-bond donors (Lipinski definition) is 1. The summed E-state index contributed by atoms with van der Waals surface area (Å²) in [5.41, 5.74) is 3.70. The molecule has 0 spiro atoms. The minimum atomic E-state index is 0.137. The molecule has 1 unspecified atom stereocenters. The van der Waals surface area contributed by atoms with Gasteiger partial charge >= 0.3 is 0 Å². The van der Waals surface area contributed by atoms with E-state index in [1.165, 1.54) is 20.9 Å². The fourth-order valence-electron chi connectivity index (χ4n) is 2.71. The molecule has 0 aliphatic carbocycles. The third kappa shape index (κ3) is 2.34. The van der Waals surface area contributed by atoms with Crippen LogP contribution in [0.2, 0.25) is 5.02 Å². The molecule has 2 heterocycles. The molecule has 1 aromatic heterocycles. The van der Waals surface area contributed by atoms with E-state index in [0.29, 0.717) is 0 Å². The Morgan fingerprint density at radius 3 is 2.75 bits per heavy atom. The summed E-state index contributed by atoms with van der Waals surface area (Å²) in [5, 5.41) is 4.19. The molecule has 3 rings (SSSR count). The Kier molecular flexibility index (Phi) is 3.76. The van der Waals surface area contributed by atoms with Crippen molar-refractivity contribution in [1.29, 1.82) is 0 Å². The fourth-order valence-corrected chi connectivity index (χ4v) is 4.13. The maximum Gasteiger partial charge on any atom is 0.127 e. The van der Waals surface area contributed by atoms with Gasteiger partial charge in [0.1, 0.15) is 5.75 Å². The number of halogens is 1. The lowest BCUT2D eigenvalue weighted by Crippen LogP contribution is -2.17. The van der Waals surface area contributed by atoms with Gasteiger partial charge in [-0.15, -0.1) is 11.3 Å². The molecule has 1 atom stereocenters. The van der Waals surface area contributed by atoms with E-state index in [9.17, 15) is 0 Å². The number of benzene rings is 1. The summed E-state index contributed by atoms with van der Waals surface area (Å²) in [7, 11) is 1.98. The largest absolute Gasteiger partial charge is 0.493 e. The van der Waals surface area contributed by atoms with E-state index >= 15 is 0 Å². The average Bonchev–Trinajstić information content (AvgIpc) is 2.98. The van der Waals surface area contributed by atoms with Gasteiger partial charge in [0.05, 0.1) is 12.6 Å². The Morgan fingerprint density at radius 1 is 1.30 bits per heavy atom. The topological polar surface area (TPSA) is 21.3 Å². The molecular formula is C16H18ClNOS. The van der Waals surface area contributed by atoms with Crippen LogP contribution < -0.4 is 10.1 Å². The molecule has 0 saturated heterocycles. The standard InChI is InChI=1S/C16H18ClNOS/c1-9-6-14(20-10(9)2)15(18-3)13-8-12(17)7-11-4-5-19-16(11)13/h6-8,15,18H,4-5H2,1-3H3. The third-order valence-electron chi connectivity index (χ3n) is 3.85. The number of fused-ring (bicyclic) bond motifs is 1. The predicted octanol–water partition coefficient (Wildman–Crippen LogP) is 4.26. The van der Waals surface area contributed by atoms with E-state index in [1.54, 1.807) is 0 Å². The maximum atomic E-state index is 6.27. The Bertz CT molecular complexity index is 631. The van der Waals surface area contributed by atoms with Gasteiger partial charge in [0, 0.05) is 26.8 Å². The zero-order chi connectivity index (χ0) is 14.3. The van der Waals surface area contributed by atoms with Crippen LogP contribution in [-0.2, 0) is 6.42 Å². The van der Waals surface area contributed by atoms with E-state index in [4.69, 9.17) is 16.3 Å². The van der Waals surface area contributed by atoms with Gasteiger partial charge in [-0.25, -0.2) is 0 Å². The van der Waals surface area contributed by atoms with Gasteiger partial charge in [0.2, 0.25) is 0 Å². The summed E-state index contributed by atoms with van der Waals surface area (Å²) >= 11 is 8.11. The quantitative estimate of drug-likeness (QED) is 0.914. The van der Waals surface area contributed by atoms with E-state index in [0.717, 1.165) is 29.4 Å². The van der Waals surface area contributed by atoms with Crippen molar-refractivity contribution in [1.82, 2.24) is 5.32 Å². The van der Waals surface area contributed by atoms with Gasteiger partial charge in [-0.1, -0.05) is 11.6 Å². The molecule has 1 N–H and O–H groups in total. The number of hydrogen-bond acceptors (Lipinski definition) is 3. The summed E-state index contributed by atoms with van der Waals surface area (Å²) in [6.07, 6.45) is 0.946. The van der Waals surface area contributed by atoms with E-state index in [2.05, 4.69) is 25.2 Å². The molecule has 2 aromatic rings. The van der Waals surface area contributed by atoms with Crippen LogP contribution in [-0.4, -0.2) is 13.7 Å². The summed E-state index contributed by atoms with van der Waals surface area (Å²) in [5.74, 6) is 1.01. The number of rotatable bonds is 3. The second-order valence-electron chi connectivity index (χ2n) is 5.19. The molecule has 1 aliphatic heterocycles. The van der Waals surface area contributed by atoms with E-state index in [1.807, 2.05) is 30.5 Å². The smallest absolute Gasteiger partial charge is 0.127 e. The molecule has 20 heavy (non-hydrogen) atoms. The highest BCUT2D eigenvalue weighted by Gasteiger charge is 2.24.